The number of rotatable bonds is 2. The third kappa shape index (κ3) is 3.17. The van der Waals surface area contributed by atoms with Gasteiger partial charge in [0, 0.05) is 27.9 Å². The van der Waals surface area contributed by atoms with Crippen molar-refractivity contribution in [2.24, 2.45) is 0 Å². The van der Waals surface area contributed by atoms with Crippen LogP contribution in [0.3, 0.4) is 0 Å². The molecule has 2 aliphatic rings. The number of methoxy groups -OCH3 is 1. The molecule has 0 radical (unpaired) electrons. The van der Waals surface area contributed by atoms with E-state index in [-0.39, 0.29) is 24.2 Å². The zero-order valence-electron chi connectivity index (χ0n) is 17.4. The van der Waals surface area contributed by atoms with Gasteiger partial charge in [0.2, 0.25) is 0 Å². The molecule has 1 aromatic heterocycles. The normalized spacial score (nSPS) is 19.3. The Kier molecular flexibility index (Phi) is 4.18. The first-order chi connectivity index (χ1) is 14.8. The summed E-state index contributed by atoms with van der Waals surface area (Å²) in [6.45, 7) is 3.68. The third-order valence-electron chi connectivity index (χ3n) is 5.82. The largest absolute Gasteiger partial charge is 0.497 e. The number of H-pyrrole nitrogens is 1. The van der Waals surface area contributed by atoms with Gasteiger partial charge in [-0.1, -0.05) is 0 Å². The van der Waals surface area contributed by atoms with Gasteiger partial charge in [0.05, 0.1) is 25.5 Å². The Morgan fingerprint density at radius 3 is 2.68 bits per heavy atom. The van der Waals surface area contributed by atoms with Crippen molar-refractivity contribution in [1.29, 1.82) is 0 Å². The summed E-state index contributed by atoms with van der Waals surface area (Å²) in [6, 6.07) is 10.4. The van der Waals surface area contributed by atoms with E-state index >= 15 is 0 Å². The van der Waals surface area contributed by atoms with Crippen LogP contribution in [0.25, 0.3) is 10.9 Å². The molecule has 2 aromatic carbocycles. The summed E-state index contributed by atoms with van der Waals surface area (Å²) in [5.74, 6) is 0.275. The van der Waals surface area contributed by atoms with Crippen molar-refractivity contribution in [2.75, 3.05) is 7.11 Å². The maximum Gasteiger partial charge on any atom is 0.312 e. The number of aromatic nitrogens is 1. The SMILES string of the molecule is COc1ccc2[nH]c(=O)c([C@@H]3CC(=O)Oc4ccc5c(c43)OC(C)(C)CC5=O)cc2c1. The Morgan fingerprint density at radius 2 is 1.90 bits per heavy atom. The van der Waals surface area contributed by atoms with E-state index in [1.54, 1.807) is 37.4 Å². The van der Waals surface area contributed by atoms with Crippen molar-refractivity contribution in [1.82, 2.24) is 4.98 Å². The van der Waals surface area contributed by atoms with Crippen molar-refractivity contribution in [3.05, 3.63) is 63.4 Å². The van der Waals surface area contributed by atoms with Gasteiger partial charge in [-0.3, -0.25) is 14.4 Å². The van der Waals surface area contributed by atoms with Gasteiger partial charge in [-0.2, -0.15) is 0 Å². The Bertz CT molecular complexity index is 1320. The van der Waals surface area contributed by atoms with Gasteiger partial charge in [-0.05, 0) is 50.2 Å². The fourth-order valence-corrected chi connectivity index (χ4v) is 4.41. The van der Waals surface area contributed by atoms with E-state index in [9.17, 15) is 14.4 Å². The lowest BCUT2D eigenvalue weighted by molar-refractivity contribution is -0.135. The average Bonchev–Trinajstić information content (AvgIpc) is 2.71. The quantitative estimate of drug-likeness (QED) is 0.503. The summed E-state index contributed by atoms with van der Waals surface area (Å²) in [5, 5.41) is 0.775. The van der Waals surface area contributed by atoms with Crippen molar-refractivity contribution < 1.29 is 23.8 Å². The molecule has 1 N–H and O–H groups in total. The molecule has 0 bridgehead atoms. The highest BCUT2D eigenvalue weighted by Gasteiger charge is 2.40. The number of carbonyl (C=O) groups is 2. The first-order valence-electron chi connectivity index (χ1n) is 10.1. The molecule has 7 nitrogen and oxygen atoms in total. The Hall–Kier alpha value is -3.61. The van der Waals surface area contributed by atoms with Crippen LogP contribution >= 0.6 is 0 Å². The average molecular weight is 419 g/mol. The smallest absolute Gasteiger partial charge is 0.312 e. The van der Waals surface area contributed by atoms with E-state index < -0.39 is 17.5 Å². The van der Waals surface area contributed by atoms with Crippen LogP contribution in [-0.2, 0) is 4.79 Å². The Labute approximate surface area is 177 Å². The van der Waals surface area contributed by atoms with Crippen LogP contribution in [0.5, 0.6) is 17.2 Å². The van der Waals surface area contributed by atoms with Gasteiger partial charge < -0.3 is 19.2 Å². The summed E-state index contributed by atoms with van der Waals surface area (Å²) in [4.78, 5) is 41.0. The van der Waals surface area contributed by atoms with Crippen LogP contribution < -0.4 is 19.8 Å². The Morgan fingerprint density at radius 1 is 1.10 bits per heavy atom. The first-order valence-corrected chi connectivity index (χ1v) is 10.1. The molecule has 0 fully saturated rings. The number of Topliss-reactive ketones (excluding diaryl/α,β-unsaturated/α-hetero) is 1. The lowest BCUT2D eigenvalue weighted by atomic mass is 9.82. The van der Waals surface area contributed by atoms with E-state index in [0.29, 0.717) is 39.5 Å². The lowest BCUT2D eigenvalue weighted by Crippen LogP contribution is -2.37. The number of fused-ring (bicyclic) bond motifs is 4. The predicted octanol–water partition coefficient (Wildman–Crippen LogP) is 3.72. The van der Waals surface area contributed by atoms with Crippen molar-refractivity contribution in [2.45, 2.75) is 38.2 Å². The maximum atomic E-state index is 13.0. The third-order valence-corrected chi connectivity index (χ3v) is 5.82. The zero-order chi connectivity index (χ0) is 21.9. The van der Waals surface area contributed by atoms with Gasteiger partial charge in [-0.25, -0.2) is 0 Å². The standard InChI is InChI=1S/C24H21NO6/c1-24(2)11-18(26)14-5-7-19-21(22(14)31-24)15(10-20(27)30-19)16-9-12-8-13(29-3)4-6-17(12)25-23(16)28/h4-9,15H,10-11H2,1-3H3,(H,25,28)/t15-/m0/s1. The topological polar surface area (TPSA) is 94.7 Å². The number of carbonyl (C=O) groups excluding carboxylic acids is 2. The highest BCUT2D eigenvalue weighted by atomic mass is 16.5. The van der Waals surface area contributed by atoms with Crippen LogP contribution in [0.15, 0.2) is 41.2 Å². The summed E-state index contributed by atoms with van der Waals surface area (Å²) in [6.07, 6.45) is 0.222. The number of ether oxygens (including phenoxy) is 3. The molecule has 31 heavy (non-hydrogen) atoms. The van der Waals surface area contributed by atoms with Gasteiger partial charge in [0.25, 0.3) is 5.56 Å². The molecule has 3 heterocycles. The molecule has 1 atom stereocenters. The molecular weight excluding hydrogens is 398 g/mol. The summed E-state index contributed by atoms with van der Waals surface area (Å²) < 4.78 is 16.9. The first kappa shape index (κ1) is 19.4. The molecule has 0 aliphatic carbocycles. The minimum Gasteiger partial charge on any atom is -0.497 e. The lowest BCUT2D eigenvalue weighted by Gasteiger charge is -2.36. The van der Waals surface area contributed by atoms with Gasteiger partial charge in [-0.15, -0.1) is 0 Å². The monoisotopic (exact) mass is 419 g/mol. The highest BCUT2D eigenvalue weighted by Crippen LogP contribution is 2.48. The van der Waals surface area contributed by atoms with Crippen molar-refractivity contribution >= 4 is 22.7 Å². The summed E-state index contributed by atoms with van der Waals surface area (Å²) in [5.41, 5.74) is 1.07. The van der Waals surface area contributed by atoms with Crippen LogP contribution in [0, 0.1) is 0 Å². The minimum absolute atomic E-state index is 0.0278. The van der Waals surface area contributed by atoms with Crippen molar-refractivity contribution in [3.8, 4) is 17.2 Å². The number of nitrogens with one attached hydrogen (secondary N) is 1. The summed E-state index contributed by atoms with van der Waals surface area (Å²) >= 11 is 0. The van der Waals surface area contributed by atoms with Crippen LogP contribution in [0.2, 0.25) is 0 Å². The molecule has 0 unspecified atom stereocenters. The zero-order valence-corrected chi connectivity index (χ0v) is 17.4. The number of hydrogen-bond acceptors (Lipinski definition) is 6. The number of esters is 1. The van der Waals surface area contributed by atoms with Crippen molar-refractivity contribution in [3.63, 3.8) is 0 Å². The minimum atomic E-state index is -0.700. The van der Waals surface area contributed by atoms with E-state index in [1.807, 2.05) is 19.9 Å². The van der Waals surface area contributed by atoms with E-state index in [2.05, 4.69) is 4.98 Å². The molecule has 158 valence electrons. The molecule has 2 aliphatic heterocycles. The second-order valence-corrected chi connectivity index (χ2v) is 8.55. The molecule has 0 spiro atoms. The van der Waals surface area contributed by atoms with Gasteiger partial charge in [0.15, 0.2) is 5.78 Å². The number of pyridine rings is 1. The van der Waals surface area contributed by atoms with Crippen LogP contribution in [-0.4, -0.2) is 29.4 Å². The fraction of sp³-hybridized carbons (Fsp3) is 0.292. The highest BCUT2D eigenvalue weighted by molar-refractivity contribution is 6.01. The number of benzene rings is 2. The second-order valence-electron chi connectivity index (χ2n) is 8.55. The molecule has 3 aromatic rings. The van der Waals surface area contributed by atoms with Gasteiger partial charge in [0.1, 0.15) is 22.8 Å². The Balaban J connectivity index is 1.75. The number of hydrogen-bond donors (Lipinski definition) is 1. The van der Waals surface area contributed by atoms with E-state index in [4.69, 9.17) is 14.2 Å². The molecule has 7 heteroatoms. The fourth-order valence-electron chi connectivity index (χ4n) is 4.41. The number of aromatic amines is 1. The van der Waals surface area contributed by atoms with Crippen LogP contribution in [0.1, 0.15) is 54.1 Å². The molecule has 0 saturated heterocycles. The van der Waals surface area contributed by atoms with Gasteiger partial charge >= 0.3 is 5.97 Å². The molecule has 0 saturated carbocycles. The number of ketones is 1. The molecule has 0 amide bonds. The van der Waals surface area contributed by atoms with E-state index in [1.165, 1.54) is 0 Å². The molecular formula is C24H21NO6. The van der Waals surface area contributed by atoms with Crippen LogP contribution in [0.4, 0.5) is 0 Å². The summed E-state index contributed by atoms with van der Waals surface area (Å²) in [7, 11) is 1.57. The second kappa shape index (κ2) is 6.70. The predicted molar refractivity (Wildman–Crippen MR) is 113 cm³/mol. The van der Waals surface area contributed by atoms with E-state index in [0.717, 1.165) is 5.39 Å². The maximum absolute atomic E-state index is 13.0. The molecule has 5 rings (SSSR count).